The molecule has 3 nitrogen and oxygen atoms in total. The number of hydrogen-bond donors (Lipinski definition) is 1. The number of carboxylic acid groups (broad SMARTS) is 1. The number of carboxylic acids is 1. The van der Waals surface area contributed by atoms with Crippen molar-refractivity contribution in [3.8, 4) is 0 Å². The highest BCUT2D eigenvalue weighted by molar-refractivity contribution is 5.96. The molecule has 0 amide bonds. The van der Waals surface area contributed by atoms with Gasteiger partial charge in [0, 0.05) is 17.1 Å². The Morgan fingerprint density at radius 3 is 2.81 bits per heavy atom. The molecule has 1 heterocycles. The summed E-state index contributed by atoms with van der Waals surface area (Å²) in [6, 6.07) is 7.68. The first-order valence-corrected chi connectivity index (χ1v) is 7.28. The monoisotopic (exact) mass is 281 g/mol. The molecule has 0 bridgehead atoms. The first kappa shape index (κ1) is 13.8. The molecule has 1 aliphatic rings. The summed E-state index contributed by atoms with van der Waals surface area (Å²) in [7, 11) is 0. The predicted octanol–water partition coefficient (Wildman–Crippen LogP) is 4.53. The van der Waals surface area contributed by atoms with Crippen molar-refractivity contribution in [3.63, 3.8) is 0 Å². The smallest absolute Gasteiger partial charge is 0.337 e. The number of hydrogen-bond acceptors (Lipinski definition) is 2. The first-order chi connectivity index (χ1) is 9.96. The second-order valence-electron chi connectivity index (χ2n) is 6.50. The lowest BCUT2D eigenvalue weighted by Crippen LogP contribution is -2.14. The molecule has 0 fully saturated rings. The third-order valence-corrected chi connectivity index (χ3v) is 4.28. The van der Waals surface area contributed by atoms with E-state index >= 15 is 0 Å². The van der Waals surface area contributed by atoms with Crippen LogP contribution in [-0.2, 0) is 0 Å². The molecule has 0 saturated carbocycles. The normalized spacial score (nSPS) is 17.5. The summed E-state index contributed by atoms with van der Waals surface area (Å²) in [6.07, 6.45) is 7.05. The minimum atomic E-state index is -0.937. The van der Waals surface area contributed by atoms with Crippen LogP contribution in [0.5, 0.6) is 0 Å². The number of pyridine rings is 1. The van der Waals surface area contributed by atoms with Gasteiger partial charge in [0.1, 0.15) is 0 Å². The highest BCUT2D eigenvalue weighted by Crippen LogP contribution is 2.39. The van der Waals surface area contributed by atoms with Crippen LogP contribution in [0.25, 0.3) is 16.5 Å². The topological polar surface area (TPSA) is 50.2 Å². The standard InChI is InChI=1S/C18H19NO2/c1-18(2)8-6-12(7-9-18)15-5-3-4-13-10-14(17(20)21)11-19-16(13)15/h3-6,10-11H,7-9H2,1-2H3,(H,20,21). The molecule has 1 N–H and O–H groups in total. The van der Waals surface area contributed by atoms with E-state index in [2.05, 4.69) is 31.0 Å². The Hall–Kier alpha value is -2.16. The number of nitrogens with zero attached hydrogens (tertiary/aromatic N) is 1. The van der Waals surface area contributed by atoms with E-state index in [1.54, 1.807) is 6.07 Å². The van der Waals surface area contributed by atoms with E-state index in [0.29, 0.717) is 5.41 Å². The van der Waals surface area contributed by atoms with E-state index in [-0.39, 0.29) is 5.56 Å². The quantitative estimate of drug-likeness (QED) is 0.880. The summed E-state index contributed by atoms with van der Waals surface area (Å²) < 4.78 is 0. The number of carbonyl (C=O) groups is 1. The van der Waals surface area contributed by atoms with Crippen molar-refractivity contribution in [3.05, 3.63) is 47.7 Å². The summed E-state index contributed by atoms with van der Waals surface area (Å²) in [5, 5.41) is 9.96. The lowest BCUT2D eigenvalue weighted by molar-refractivity contribution is 0.0696. The number of benzene rings is 1. The molecule has 0 radical (unpaired) electrons. The van der Waals surface area contributed by atoms with Crippen LogP contribution in [0.2, 0.25) is 0 Å². The lowest BCUT2D eigenvalue weighted by atomic mass is 9.77. The molecule has 3 rings (SSSR count). The van der Waals surface area contributed by atoms with Crippen molar-refractivity contribution in [2.24, 2.45) is 5.41 Å². The van der Waals surface area contributed by atoms with Crippen LogP contribution in [0, 0.1) is 5.41 Å². The molecule has 1 aromatic heterocycles. The zero-order valence-electron chi connectivity index (χ0n) is 12.4. The molecule has 2 aromatic rings. The van der Waals surface area contributed by atoms with Crippen molar-refractivity contribution < 1.29 is 9.90 Å². The third kappa shape index (κ3) is 2.68. The van der Waals surface area contributed by atoms with Crippen molar-refractivity contribution >= 4 is 22.4 Å². The molecule has 108 valence electrons. The van der Waals surface area contributed by atoms with Crippen molar-refractivity contribution in [2.45, 2.75) is 33.1 Å². The number of rotatable bonds is 2. The van der Waals surface area contributed by atoms with E-state index in [4.69, 9.17) is 5.11 Å². The maximum Gasteiger partial charge on any atom is 0.337 e. The van der Waals surface area contributed by atoms with Crippen LogP contribution in [0.4, 0.5) is 0 Å². The summed E-state index contributed by atoms with van der Waals surface area (Å²) in [5.41, 5.74) is 3.97. The zero-order chi connectivity index (χ0) is 15.0. The first-order valence-electron chi connectivity index (χ1n) is 7.28. The van der Waals surface area contributed by atoms with Crippen molar-refractivity contribution in [1.29, 1.82) is 0 Å². The number of allylic oxidation sites excluding steroid dienone is 2. The Balaban J connectivity index is 2.08. The Morgan fingerprint density at radius 1 is 1.33 bits per heavy atom. The van der Waals surface area contributed by atoms with Crippen LogP contribution in [-0.4, -0.2) is 16.1 Å². The fourth-order valence-corrected chi connectivity index (χ4v) is 2.86. The minimum Gasteiger partial charge on any atom is -0.478 e. The van der Waals surface area contributed by atoms with Gasteiger partial charge >= 0.3 is 5.97 Å². The van der Waals surface area contributed by atoms with Gasteiger partial charge < -0.3 is 5.11 Å². The molecule has 0 unspecified atom stereocenters. The highest BCUT2D eigenvalue weighted by atomic mass is 16.4. The van der Waals surface area contributed by atoms with Gasteiger partial charge in [-0.05, 0) is 36.3 Å². The van der Waals surface area contributed by atoms with Gasteiger partial charge in [-0.1, -0.05) is 38.1 Å². The number of fused-ring (bicyclic) bond motifs is 1. The molecule has 21 heavy (non-hydrogen) atoms. The largest absolute Gasteiger partial charge is 0.478 e. The molecule has 0 saturated heterocycles. The van der Waals surface area contributed by atoms with Crippen LogP contribution in [0.1, 0.15) is 49.0 Å². The Morgan fingerprint density at radius 2 is 2.14 bits per heavy atom. The number of aromatic carboxylic acids is 1. The van der Waals surface area contributed by atoms with Gasteiger partial charge in [-0.15, -0.1) is 0 Å². The molecular weight excluding hydrogens is 262 g/mol. The SMILES string of the molecule is CC1(C)CC=C(c2cccc3cc(C(=O)O)cnc23)CC1. The van der Waals surface area contributed by atoms with E-state index in [1.165, 1.54) is 18.2 Å². The fourth-order valence-electron chi connectivity index (χ4n) is 2.86. The molecular formula is C18H19NO2. The average Bonchev–Trinajstić information content (AvgIpc) is 2.46. The second-order valence-corrected chi connectivity index (χ2v) is 6.50. The Kier molecular flexibility index (Phi) is 3.28. The summed E-state index contributed by atoms with van der Waals surface area (Å²) in [5.74, 6) is -0.937. The predicted molar refractivity (Wildman–Crippen MR) is 84.3 cm³/mol. The van der Waals surface area contributed by atoms with E-state index < -0.39 is 5.97 Å². The zero-order valence-corrected chi connectivity index (χ0v) is 12.4. The number of aromatic nitrogens is 1. The average molecular weight is 281 g/mol. The van der Waals surface area contributed by atoms with Crippen LogP contribution in [0.15, 0.2) is 36.5 Å². The second kappa shape index (κ2) is 4.99. The minimum absolute atomic E-state index is 0.235. The van der Waals surface area contributed by atoms with Crippen molar-refractivity contribution in [1.82, 2.24) is 4.98 Å². The van der Waals surface area contributed by atoms with E-state index in [9.17, 15) is 4.79 Å². The summed E-state index contributed by atoms with van der Waals surface area (Å²) in [4.78, 5) is 15.4. The van der Waals surface area contributed by atoms with E-state index in [1.807, 2.05) is 12.1 Å². The lowest BCUT2D eigenvalue weighted by Gasteiger charge is -2.29. The molecule has 0 aliphatic heterocycles. The summed E-state index contributed by atoms with van der Waals surface area (Å²) >= 11 is 0. The fraction of sp³-hybridized carbons (Fsp3) is 0.333. The van der Waals surface area contributed by atoms with E-state index in [0.717, 1.165) is 29.3 Å². The van der Waals surface area contributed by atoms with Gasteiger partial charge in [-0.3, -0.25) is 4.98 Å². The van der Waals surface area contributed by atoms with Gasteiger partial charge in [-0.2, -0.15) is 0 Å². The van der Waals surface area contributed by atoms with Gasteiger partial charge in [0.25, 0.3) is 0 Å². The molecule has 1 aliphatic carbocycles. The summed E-state index contributed by atoms with van der Waals surface area (Å²) in [6.45, 7) is 4.58. The Bertz CT molecular complexity index is 744. The third-order valence-electron chi connectivity index (χ3n) is 4.28. The number of para-hydroxylation sites is 1. The van der Waals surface area contributed by atoms with Gasteiger partial charge in [0.15, 0.2) is 0 Å². The van der Waals surface area contributed by atoms with Crippen molar-refractivity contribution in [2.75, 3.05) is 0 Å². The maximum atomic E-state index is 11.1. The van der Waals surface area contributed by atoms with Gasteiger partial charge in [0.2, 0.25) is 0 Å². The van der Waals surface area contributed by atoms with Crippen LogP contribution in [0.3, 0.4) is 0 Å². The molecule has 3 heteroatoms. The highest BCUT2D eigenvalue weighted by Gasteiger charge is 2.22. The van der Waals surface area contributed by atoms with Crippen LogP contribution >= 0.6 is 0 Å². The van der Waals surface area contributed by atoms with Gasteiger partial charge in [-0.25, -0.2) is 4.79 Å². The molecule has 0 atom stereocenters. The molecule has 1 aromatic carbocycles. The van der Waals surface area contributed by atoms with Crippen LogP contribution < -0.4 is 0 Å². The Labute approximate surface area is 124 Å². The van der Waals surface area contributed by atoms with Gasteiger partial charge in [0.05, 0.1) is 11.1 Å². The molecule has 0 spiro atoms. The maximum absolute atomic E-state index is 11.1.